The van der Waals surface area contributed by atoms with E-state index >= 15 is 0 Å². The molecule has 0 radical (unpaired) electrons. The first-order chi connectivity index (χ1) is 11.2. The lowest BCUT2D eigenvalue weighted by Crippen LogP contribution is -2.57. The summed E-state index contributed by atoms with van der Waals surface area (Å²) in [5.41, 5.74) is 0.499. The van der Waals surface area contributed by atoms with E-state index in [1.54, 1.807) is 17.0 Å². The highest BCUT2D eigenvalue weighted by atomic mass is 16.5. The number of rotatable bonds is 5. The Morgan fingerprint density at radius 3 is 2.83 bits per heavy atom. The van der Waals surface area contributed by atoms with Crippen molar-refractivity contribution in [1.29, 1.82) is 5.26 Å². The molecule has 2 aromatic rings. The van der Waals surface area contributed by atoms with Crippen LogP contribution in [0, 0.1) is 11.3 Å². The standard InChI is InChI=1S/C17H15N3O3/c18-9-13-6-7-19-16(8-13)23-15-10-20(11-15)17(21)12-22-14-4-2-1-3-5-14/h1-8,15H,10-12H2. The quantitative estimate of drug-likeness (QED) is 0.839. The van der Waals surface area contributed by atoms with E-state index in [4.69, 9.17) is 14.7 Å². The zero-order valence-corrected chi connectivity index (χ0v) is 12.4. The van der Waals surface area contributed by atoms with Crippen molar-refractivity contribution in [2.45, 2.75) is 6.10 Å². The number of para-hydroxylation sites is 1. The number of carbonyl (C=O) groups excluding carboxylic acids is 1. The summed E-state index contributed by atoms with van der Waals surface area (Å²) < 4.78 is 11.1. The summed E-state index contributed by atoms with van der Waals surface area (Å²) in [4.78, 5) is 17.7. The molecule has 1 aliphatic heterocycles. The van der Waals surface area contributed by atoms with Crippen LogP contribution in [0.25, 0.3) is 0 Å². The van der Waals surface area contributed by atoms with E-state index in [0.717, 1.165) is 0 Å². The molecule has 6 heteroatoms. The molecule has 0 atom stereocenters. The minimum Gasteiger partial charge on any atom is -0.484 e. The molecule has 116 valence electrons. The van der Waals surface area contributed by atoms with Gasteiger partial charge in [-0.05, 0) is 18.2 Å². The van der Waals surface area contributed by atoms with E-state index in [-0.39, 0.29) is 18.6 Å². The Bertz CT molecular complexity index is 721. The van der Waals surface area contributed by atoms with Gasteiger partial charge in [0.25, 0.3) is 5.91 Å². The summed E-state index contributed by atoms with van der Waals surface area (Å²) >= 11 is 0. The van der Waals surface area contributed by atoms with Gasteiger partial charge in [0.1, 0.15) is 11.9 Å². The first kappa shape index (κ1) is 14.9. The third-order valence-corrected chi connectivity index (χ3v) is 3.46. The fourth-order valence-corrected chi connectivity index (χ4v) is 2.18. The van der Waals surface area contributed by atoms with Crippen molar-refractivity contribution in [1.82, 2.24) is 9.88 Å². The van der Waals surface area contributed by atoms with E-state index in [2.05, 4.69) is 4.98 Å². The molecule has 0 N–H and O–H groups in total. The molecular weight excluding hydrogens is 294 g/mol. The van der Waals surface area contributed by atoms with Crippen molar-refractivity contribution in [3.8, 4) is 17.7 Å². The van der Waals surface area contributed by atoms with Crippen LogP contribution in [0.4, 0.5) is 0 Å². The molecule has 3 rings (SSSR count). The smallest absolute Gasteiger partial charge is 0.260 e. The SMILES string of the molecule is N#Cc1ccnc(OC2CN(C(=O)COc3ccccc3)C2)c1. The number of likely N-dealkylation sites (tertiary alicyclic amines) is 1. The summed E-state index contributed by atoms with van der Waals surface area (Å²) in [6.07, 6.45) is 1.43. The second-order valence-electron chi connectivity index (χ2n) is 5.13. The van der Waals surface area contributed by atoms with Crippen LogP contribution in [-0.4, -0.2) is 41.6 Å². The van der Waals surface area contributed by atoms with Crippen molar-refractivity contribution < 1.29 is 14.3 Å². The van der Waals surface area contributed by atoms with Gasteiger partial charge in [0.2, 0.25) is 5.88 Å². The van der Waals surface area contributed by atoms with Crippen molar-refractivity contribution in [3.63, 3.8) is 0 Å². The number of pyridine rings is 1. The zero-order valence-electron chi connectivity index (χ0n) is 12.4. The molecular formula is C17H15N3O3. The van der Waals surface area contributed by atoms with Gasteiger partial charge in [0, 0.05) is 12.3 Å². The highest BCUT2D eigenvalue weighted by Gasteiger charge is 2.32. The molecule has 0 spiro atoms. The van der Waals surface area contributed by atoms with E-state index in [1.807, 2.05) is 36.4 Å². The molecule has 2 heterocycles. The van der Waals surface area contributed by atoms with Gasteiger partial charge < -0.3 is 14.4 Å². The van der Waals surface area contributed by atoms with Crippen LogP contribution in [0.3, 0.4) is 0 Å². The van der Waals surface area contributed by atoms with Crippen molar-refractivity contribution >= 4 is 5.91 Å². The number of nitriles is 1. The van der Waals surface area contributed by atoms with Crippen molar-refractivity contribution in [3.05, 3.63) is 54.2 Å². The Balaban J connectivity index is 1.43. The Labute approximate surface area is 133 Å². The fraction of sp³-hybridized carbons (Fsp3) is 0.235. The normalized spacial score (nSPS) is 13.8. The van der Waals surface area contributed by atoms with Crippen LogP contribution >= 0.6 is 0 Å². The number of nitrogens with zero attached hydrogens (tertiary/aromatic N) is 3. The van der Waals surface area contributed by atoms with Crippen LogP contribution in [0.1, 0.15) is 5.56 Å². The molecule has 0 saturated carbocycles. The lowest BCUT2D eigenvalue weighted by Gasteiger charge is -2.38. The molecule has 1 fully saturated rings. The third kappa shape index (κ3) is 3.77. The van der Waals surface area contributed by atoms with E-state index in [1.165, 1.54) is 6.20 Å². The maximum Gasteiger partial charge on any atom is 0.260 e. The second-order valence-corrected chi connectivity index (χ2v) is 5.13. The number of carbonyl (C=O) groups is 1. The maximum atomic E-state index is 12.0. The van der Waals surface area contributed by atoms with Crippen LogP contribution in [0.5, 0.6) is 11.6 Å². The van der Waals surface area contributed by atoms with Gasteiger partial charge in [-0.1, -0.05) is 18.2 Å². The Kier molecular flexibility index (Phi) is 4.39. The molecule has 23 heavy (non-hydrogen) atoms. The van der Waals surface area contributed by atoms with Crippen LogP contribution in [0.2, 0.25) is 0 Å². The maximum absolute atomic E-state index is 12.0. The predicted octanol–water partition coefficient (Wildman–Crippen LogP) is 1.62. The third-order valence-electron chi connectivity index (χ3n) is 3.46. The lowest BCUT2D eigenvalue weighted by molar-refractivity contribution is -0.142. The Morgan fingerprint density at radius 1 is 1.30 bits per heavy atom. The summed E-state index contributed by atoms with van der Waals surface area (Å²) in [7, 11) is 0. The molecule has 1 aromatic heterocycles. The molecule has 1 aliphatic rings. The summed E-state index contributed by atoms with van der Waals surface area (Å²) in [6.45, 7) is 1.00. The van der Waals surface area contributed by atoms with Gasteiger partial charge in [0.15, 0.2) is 6.61 Å². The molecule has 1 amide bonds. The predicted molar refractivity (Wildman–Crippen MR) is 81.9 cm³/mol. The van der Waals surface area contributed by atoms with Gasteiger partial charge in [-0.15, -0.1) is 0 Å². The van der Waals surface area contributed by atoms with Crippen molar-refractivity contribution in [2.24, 2.45) is 0 Å². The molecule has 0 aliphatic carbocycles. The Hall–Kier alpha value is -3.07. The number of aromatic nitrogens is 1. The zero-order chi connectivity index (χ0) is 16.1. The number of benzene rings is 1. The number of hydrogen-bond donors (Lipinski definition) is 0. The van der Waals surface area contributed by atoms with E-state index in [0.29, 0.717) is 30.3 Å². The van der Waals surface area contributed by atoms with Crippen LogP contribution in [-0.2, 0) is 4.79 Å². The average molecular weight is 309 g/mol. The Morgan fingerprint density at radius 2 is 2.09 bits per heavy atom. The van der Waals surface area contributed by atoms with Gasteiger partial charge in [0.05, 0.1) is 24.7 Å². The van der Waals surface area contributed by atoms with E-state index in [9.17, 15) is 4.79 Å². The first-order valence-electron chi connectivity index (χ1n) is 7.23. The van der Waals surface area contributed by atoms with Gasteiger partial charge >= 0.3 is 0 Å². The highest BCUT2D eigenvalue weighted by molar-refractivity contribution is 5.78. The first-order valence-corrected chi connectivity index (χ1v) is 7.23. The molecule has 0 bridgehead atoms. The summed E-state index contributed by atoms with van der Waals surface area (Å²) in [5.74, 6) is 1.00. The fourth-order valence-electron chi connectivity index (χ4n) is 2.18. The average Bonchev–Trinajstić information content (AvgIpc) is 2.56. The molecule has 6 nitrogen and oxygen atoms in total. The van der Waals surface area contributed by atoms with Crippen LogP contribution in [0.15, 0.2) is 48.7 Å². The summed E-state index contributed by atoms with van der Waals surface area (Å²) in [5, 5.41) is 8.84. The minimum absolute atomic E-state index is 0.0128. The van der Waals surface area contributed by atoms with Gasteiger partial charge in [-0.25, -0.2) is 4.98 Å². The topological polar surface area (TPSA) is 75.5 Å². The summed E-state index contributed by atoms with van der Waals surface area (Å²) in [6, 6.07) is 14.5. The number of hydrogen-bond acceptors (Lipinski definition) is 5. The molecule has 1 aromatic carbocycles. The van der Waals surface area contributed by atoms with Gasteiger partial charge in [-0.2, -0.15) is 5.26 Å². The minimum atomic E-state index is -0.0999. The largest absolute Gasteiger partial charge is 0.484 e. The second kappa shape index (κ2) is 6.79. The highest BCUT2D eigenvalue weighted by Crippen LogP contribution is 2.17. The van der Waals surface area contributed by atoms with Crippen LogP contribution < -0.4 is 9.47 Å². The molecule has 1 saturated heterocycles. The van der Waals surface area contributed by atoms with E-state index < -0.39 is 0 Å². The lowest BCUT2D eigenvalue weighted by atomic mass is 10.1. The number of ether oxygens (including phenoxy) is 2. The monoisotopic (exact) mass is 309 g/mol. The number of amides is 1. The van der Waals surface area contributed by atoms with Gasteiger partial charge in [-0.3, -0.25) is 4.79 Å². The van der Waals surface area contributed by atoms with Crippen molar-refractivity contribution in [2.75, 3.05) is 19.7 Å². The molecule has 0 unspecified atom stereocenters.